The quantitative estimate of drug-likeness (QED) is 0.533. The Hall–Kier alpha value is -2.29. The first kappa shape index (κ1) is 21.4. The van der Waals surface area contributed by atoms with Crippen molar-refractivity contribution in [2.75, 3.05) is 39.5 Å². The smallest absolute Gasteiger partial charge is 0.242 e. The van der Waals surface area contributed by atoms with E-state index in [0.717, 1.165) is 10.4 Å². The maximum atomic E-state index is 13.1. The fourth-order valence-corrected chi connectivity index (χ4v) is 3.81. The normalized spacial score (nSPS) is 12.1. The van der Waals surface area contributed by atoms with E-state index in [1.165, 1.54) is 4.90 Å². The molecule has 2 heterocycles. The van der Waals surface area contributed by atoms with Crippen LogP contribution in [0.1, 0.15) is 10.4 Å². The zero-order valence-electron chi connectivity index (χ0n) is 16.1. The van der Waals surface area contributed by atoms with Gasteiger partial charge in [-0.25, -0.2) is 0 Å². The molecule has 0 bridgehead atoms. The lowest BCUT2D eigenvalue weighted by Crippen LogP contribution is -2.44. The first-order chi connectivity index (χ1) is 14.1. The van der Waals surface area contributed by atoms with Crippen molar-refractivity contribution in [3.8, 4) is 11.5 Å². The molecule has 0 unspecified atom stereocenters. The van der Waals surface area contributed by atoms with Gasteiger partial charge >= 0.3 is 0 Å². The third-order valence-electron chi connectivity index (χ3n) is 4.45. The standard InChI is InChI=1S/C20H23ClN2O5S/c1-26-7-6-22(19(24)10-21)13-20(25)23(12-16-3-2-8-29-16)11-15-4-5-17-18(9-15)28-14-27-17/h2-5,8-9H,6-7,10-14H2,1H3. The van der Waals surface area contributed by atoms with E-state index in [1.54, 1.807) is 23.3 Å². The van der Waals surface area contributed by atoms with Crippen molar-refractivity contribution < 1.29 is 23.8 Å². The summed E-state index contributed by atoms with van der Waals surface area (Å²) in [5.41, 5.74) is 0.922. The number of alkyl halides is 1. The van der Waals surface area contributed by atoms with Gasteiger partial charge in [0.15, 0.2) is 11.5 Å². The van der Waals surface area contributed by atoms with Crippen molar-refractivity contribution >= 4 is 34.8 Å². The number of hydrogen-bond acceptors (Lipinski definition) is 6. The summed E-state index contributed by atoms with van der Waals surface area (Å²) in [6.07, 6.45) is 0. The monoisotopic (exact) mass is 438 g/mol. The fourth-order valence-electron chi connectivity index (χ4n) is 2.92. The molecule has 0 atom stereocenters. The van der Waals surface area contributed by atoms with Gasteiger partial charge in [0.25, 0.3) is 0 Å². The Balaban J connectivity index is 1.74. The second-order valence-electron chi connectivity index (χ2n) is 6.46. The molecular weight excluding hydrogens is 416 g/mol. The number of amides is 2. The number of carbonyl (C=O) groups excluding carboxylic acids is 2. The summed E-state index contributed by atoms with van der Waals surface area (Å²) in [4.78, 5) is 29.4. The van der Waals surface area contributed by atoms with E-state index in [-0.39, 0.29) is 31.0 Å². The summed E-state index contributed by atoms with van der Waals surface area (Å²) < 4.78 is 15.8. The molecule has 1 aliphatic heterocycles. The average Bonchev–Trinajstić information content (AvgIpc) is 3.41. The van der Waals surface area contributed by atoms with Gasteiger partial charge < -0.3 is 24.0 Å². The molecule has 0 fully saturated rings. The number of rotatable bonds is 10. The maximum Gasteiger partial charge on any atom is 0.242 e. The van der Waals surface area contributed by atoms with Gasteiger partial charge in [-0.2, -0.15) is 0 Å². The number of nitrogens with zero attached hydrogens (tertiary/aromatic N) is 2. The average molecular weight is 439 g/mol. The Kier molecular flexibility index (Phi) is 7.74. The summed E-state index contributed by atoms with van der Waals surface area (Å²) >= 11 is 7.29. The van der Waals surface area contributed by atoms with Crippen molar-refractivity contribution in [1.82, 2.24) is 9.80 Å². The molecule has 0 spiro atoms. The molecule has 2 amide bonds. The lowest BCUT2D eigenvalue weighted by atomic mass is 10.2. The molecule has 29 heavy (non-hydrogen) atoms. The van der Waals surface area contributed by atoms with Gasteiger partial charge in [0, 0.05) is 25.1 Å². The number of fused-ring (bicyclic) bond motifs is 1. The van der Waals surface area contributed by atoms with Crippen molar-refractivity contribution in [1.29, 1.82) is 0 Å². The molecule has 9 heteroatoms. The van der Waals surface area contributed by atoms with Crippen molar-refractivity contribution in [2.45, 2.75) is 13.1 Å². The third-order valence-corrected chi connectivity index (χ3v) is 5.54. The lowest BCUT2D eigenvalue weighted by molar-refractivity contribution is -0.140. The summed E-state index contributed by atoms with van der Waals surface area (Å²) in [7, 11) is 1.55. The second kappa shape index (κ2) is 10.5. The van der Waals surface area contributed by atoms with Crippen LogP contribution in [0.2, 0.25) is 0 Å². The number of thiophene rings is 1. The fraction of sp³-hybridized carbons (Fsp3) is 0.400. The van der Waals surface area contributed by atoms with Gasteiger partial charge in [-0.15, -0.1) is 22.9 Å². The van der Waals surface area contributed by atoms with Crippen molar-refractivity contribution in [3.05, 3.63) is 46.2 Å². The van der Waals surface area contributed by atoms with Crippen LogP contribution in [0.4, 0.5) is 0 Å². The van der Waals surface area contributed by atoms with E-state index >= 15 is 0 Å². The topological polar surface area (TPSA) is 68.3 Å². The Morgan fingerprint density at radius 3 is 2.69 bits per heavy atom. The molecule has 2 aromatic rings. The molecule has 0 N–H and O–H groups in total. The minimum Gasteiger partial charge on any atom is -0.454 e. The highest BCUT2D eigenvalue weighted by Gasteiger charge is 2.22. The minimum absolute atomic E-state index is 0.0508. The molecule has 1 aromatic heterocycles. The SMILES string of the molecule is COCCN(CC(=O)N(Cc1ccc2c(c1)OCO2)Cc1cccs1)C(=O)CCl. The van der Waals surface area contributed by atoms with E-state index < -0.39 is 0 Å². The third kappa shape index (κ3) is 5.85. The van der Waals surface area contributed by atoms with Crippen LogP contribution >= 0.6 is 22.9 Å². The first-order valence-electron chi connectivity index (χ1n) is 9.12. The van der Waals surface area contributed by atoms with E-state index in [0.29, 0.717) is 37.7 Å². The zero-order valence-corrected chi connectivity index (χ0v) is 17.7. The molecule has 0 radical (unpaired) electrons. The molecule has 7 nitrogen and oxygen atoms in total. The number of halogens is 1. The van der Waals surface area contributed by atoms with Crippen LogP contribution in [0.15, 0.2) is 35.7 Å². The summed E-state index contributed by atoms with van der Waals surface area (Å²) in [6, 6.07) is 9.56. The highest BCUT2D eigenvalue weighted by Crippen LogP contribution is 2.33. The van der Waals surface area contributed by atoms with Crippen LogP contribution < -0.4 is 9.47 Å². The van der Waals surface area contributed by atoms with Crippen LogP contribution in [0.25, 0.3) is 0 Å². The predicted molar refractivity (Wildman–Crippen MR) is 110 cm³/mol. The largest absolute Gasteiger partial charge is 0.454 e. The van der Waals surface area contributed by atoms with Gasteiger partial charge in [0.05, 0.1) is 19.7 Å². The molecular formula is C20H23ClN2O5S. The number of hydrogen-bond donors (Lipinski definition) is 0. The summed E-state index contributed by atoms with van der Waals surface area (Å²) in [6.45, 7) is 1.64. The Morgan fingerprint density at radius 2 is 1.97 bits per heavy atom. The summed E-state index contributed by atoms with van der Waals surface area (Å²) in [5, 5.41) is 1.97. The number of benzene rings is 1. The molecule has 3 rings (SSSR count). The van der Waals surface area contributed by atoms with Gasteiger partial charge in [0.2, 0.25) is 18.6 Å². The number of carbonyl (C=O) groups is 2. The van der Waals surface area contributed by atoms with E-state index in [4.69, 9.17) is 25.8 Å². The molecule has 0 aliphatic carbocycles. The molecule has 156 valence electrons. The predicted octanol–water partition coefficient (Wildman–Crippen LogP) is 2.72. The van der Waals surface area contributed by atoms with Crippen molar-refractivity contribution in [2.24, 2.45) is 0 Å². The van der Waals surface area contributed by atoms with Crippen LogP contribution in [-0.2, 0) is 27.4 Å². The highest BCUT2D eigenvalue weighted by molar-refractivity contribution is 7.09. The minimum atomic E-state index is -0.295. The highest BCUT2D eigenvalue weighted by atomic mass is 35.5. The Labute approximate surface area is 178 Å². The molecule has 1 aromatic carbocycles. The zero-order chi connectivity index (χ0) is 20.6. The lowest BCUT2D eigenvalue weighted by Gasteiger charge is -2.27. The van der Waals surface area contributed by atoms with Gasteiger partial charge in [-0.05, 0) is 29.1 Å². The number of methoxy groups -OCH3 is 1. The molecule has 0 saturated heterocycles. The van der Waals surface area contributed by atoms with Gasteiger partial charge in [-0.1, -0.05) is 12.1 Å². The van der Waals surface area contributed by atoms with Crippen LogP contribution in [0.5, 0.6) is 11.5 Å². The first-order valence-corrected chi connectivity index (χ1v) is 10.5. The van der Waals surface area contributed by atoms with Crippen LogP contribution in [0, 0.1) is 0 Å². The Morgan fingerprint density at radius 1 is 1.14 bits per heavy atom. The molecule has 0 saturated carbocycles. The molecule has 1 aliphatic rings. The Bertz CT molecular complexity index is 830. The van der Waals surface area contributed by atoms with Crippen LogP contribution in [-0.4, -0.2) is 61.1 Å². The van der Waals surface area contributed by atoms with E-state index in [1.807, 2.05) is 35.7 Å². The maximum absolute atomic E-state index is 13.1. The van der Waals surface area contributed by atoms with Gasteiger partial charge in [-0.3, -0.25) is 9.59 Å². The second-order valence-corrected chi connectivity index (χ2v) is 7.76. The van der Waals surface area contributed by atoms with E-state index in [2.05, 4.69) is 0 Å². The van der Waals surface area contributed by atoms with Crippen molar-refractivity contribution in [3.63, 3.8) is 0 Å². The van der Waals surface area contributed by atoms with E-state index in [9.17, 15) is 9.59 Å². The summed E-state index contributed by atoms with van der Waals surface area (Å²) in [5.74, 6) is 0.736. The van der Waals surface area contributed by atoms with Crippen LogP contribution in [0.3, 0.4) is 0 Å². The van der Waals surface area contributed by atoms with Gasteiger partial charge in [0.1, 0.15) is 5.88 Å². The number of ether oxygens (including phenoxy) is 3.